The van der Waals surface area contributed by atoms with Gasteiger partial charge in [0.15, 0.2) is 6.20 Å². The molecule has 0 aliphatic rings. The third-order valence-electron chi connectivity index (χ3n) is 6.01. The van der Waals surface area contributed by atoms with E-state index in [9.17, 15) is 5.26 Å². The van der Waals surface area contributed by atoms with Crippen molar-refractivity contribution in [1.82, 2.24) is 19.3 Å². The zero-order chi connectivity index (χ0) is 23.0. The summed E-state index contributed by atoms with van der Waals surface area (Å²) in [6.07, 6.45) is 5.42. The van der Waals surface area contributed by atoms with Crippen molar-refractivity contribution < 1.29 is 4.57 Å². The van der Waals surface area contributed by atoms with Gasteiger partial charge in [-0.2, -0.15) is 9.83 Å². The predicted octanol–water partition coefficient (Wildman–Crippen LogP) is 4.98. The van der Waals surface area contributed by atoms with Crippen molar-refractivity contribution in [2.45, 2.75) is 46.5 Å². The Bertz CT molecular complexity index is 1270. The Balaban J connectivity index is 2.11. The van der Waals surface area contributed by atoms with E-state index in [0.29, 0.717) is 5.69 Å². The summed E-state index contributed by atoms with van der Waals surface area (Å²) in [6.45, 7) is 10.9. The van der Waals surface area contributed by atoms with E-state index < -0.39 is 0 Å². The highest BCUT2D eigenvalue weighted by atomic mass is 15.2. The minimum Gasteiger partial charge on any atom is -0.288 e. The lowest BCUT2D eigenvalue weighted by molar-refractivity contribution is -0.661. The fourth-order valence-electron chi connectivity index (χ4n) is 4.26. The van der Waals surface area contributed by atoms with E-state index >= 15 is 0 Å². The number of nitrogens with zero attached hydrogens (tertiary/aromatic N) is 6. The molecule has 6 nitrogen and oxygen atoms in total. The highest BCUT2D eigenvalue weighted by molar-refractivity contribution is 5.65. The van der Waals surface area contributed by atoms with Gasteiger partial charge in [0.1, 0.15) is 24.4 Å². The first kappa shape index (κ1) is 21.5. The summed E-state index contributed by atoms with van der Waals surface area (Å²) in [7, 11) is 1.96. The predicted molar refractivity (Wildman–Crippen MR) is 125 cm³/mol. The average Bonchev–Trinajstić information content (AvgIpc) is 3.41. The molecule has 0 saturated heterocycles. The summed E-state index contributed by atoms with van der Waals surface area (Å²) in [5, 5.41) is 17.8. The van der Waals surface area contributed by atoms with Crippen molar-refractivity contribution in [1.29, 1.82) is 5.26 Å². The molecule has 0 aliphatic carbocycles. The first-order valence-electron chi connectivity index (χ1n) is 10.9. The van der Waals surface area contributed by atoms with E-state index in [4.69, 9.17) is 0 Å². The first-order valence-corrected chi connectivity index (χ1v) is 10.9. The monoisotopic (exact) mass is 425 g/mol. The molecule has 0 bridgehead atoms. The van der Waals surface area contributed by atoms with Crippen molar-refractivity contribution in [3.05, 3.63) is 77.6 Å². The molecule has 0 aliphatic heterocycles. The number of imidazole rings is 1. The van der Waals surface area contributed by atoms with Gasteiger partial charge in [-0.25, -0.2) is 4.57 Å². The van der Waals surface area contributed by atoms with E-state index in [1.54, 1.807) is 12.7 Å². The minimum absolute atomic E-state index is 0.280. The maximum atomic E-state index is 9.84. The fourth-order valence-corrected chi connectivity index (χ4v) is 4.26. The van der Waals surface area contributed by atoms with E-state index in [1.807, 2.05) is 34.5 Å². The van der Waals surface area contributed by atoms with Crippen LogP contribution in [0.2, 0.25) is 0 Å². The number of hydrogen-bond acceptors (Lipinski definition) is 3. The standard InChI is InChI=1S/C26H29N6/c1-17(2)23-11-20(31-15-28-29-16-31)12-24(18(3)4)25(23)32-14-21(13-27)30(6)26(32)22-10-8-7-9-19(22)5/h7-12,14-18H,1-6H3/q+1. The SMILES string of the molecule is Cc1ccccc1-c1n(-c2c(C(C)C)cc(-n3cnnc3)cc2C(C)C)cc(C#N)[n+]1C. The molecule has 0 atom stereocenters. The van der Waals surface area contributed by atoms with Crippen LogP contribution in [0.4, 0.5) is 0 Å². The summed E-state index contributed by atoms with van der Waals surface area (Å²) in [5.41, 5.74) is 7.53. The Morgan fingerprint density at radius 2 is 1.56 bits per heavy atom. The molecular formula is C26H29N6+. The van der Waals surface area contributed by atoms with Gasteiger partial charge in [-0.05, 0) is 42.5 Å². The molecule has 32 heavy (non-hydrogen) atoms. The zero-order valence-corrected chi connectivity index (χ0v) is 19.5. The number of hydrogen-bond donors (Lipinski definition) is 0. The van der Waals surface area contributed by atoms with Gasteiger partial charge < -0.3 is 0 Å². The molecule has 0 fully saturated rings. The summed E-state index contributed by atoms with van der Waals surface area (Å²) in [5.74, 6) is 1.56. The molecule has 4 rings (SSSR count). The largest absolute Gasteiger partial charge is 0.295 e. The molecule has 6 heteroatoms. The molecule has 0 N–H and O–H groups in total. The van der Waals surface area contributed by atoms with E-state index in [1.165, 1.54) is 16.7 Å². The van der Waals surface area contributed by atoms with Crippen LogP contribution in [-0.4, -0.2) is 19.3 Å². The van der Waals surface area contributed by atoms with E-state index in [-0.39, 0.29) is 11.8 Å². The van der Waals surface area contributed by atoms with Crippen LogP contribution < -0.4 is 4.57 Å². The van der Waals surface area contributed by atoms with Gasteiger partial charge in [-0.1, -0.05) is 45.9 Å². The maximum absolute atomic E-state index is 9.84. The lowest BCUT2D eigenvalue weighted by atomic mass is 9.91. The number of aryl methyl sites for hydroxylation is 1. The van der Waals surface area contributed by atoms with Crippen molar-refractivity contribution >= 4 is 0 Å². The number of rotatable bonds is 5. The van der Waals surface area contributed by atoms with Gasteiger partial charge in [0, 0.05) is 16.8 Å². The third-order valence-corrected chi connectivity index (χ3v) is 6.01. The highest BCUT2D eigenvalue weighted by Gasteiger charge is 2.30. The number of benzene rings is 2. The van der Waals surface area contributed by atoms with Gasteiger partial charge in [-0.3, -0.25) is 4.57 Å². The second-order valence-corrected chi connectivity index (χ2v) is 8.85. The van der Waals surface area contributed by atoms with Crippen molar-refractivity contribution in [2.75, 3.05) is 0 Å². The van der Waals surface area contributed by atoms with Crippen LogP contribution in [0.1, 0.15) is 61.9 Å². The number of nitriles is 1. The maximum Gasteiger partial charge on any atom is 0.295 e. The van der Waals surface area contributed by atoms with Crippen LogP contribution in [0.5, 0.6) is 0 Å². The summed E-state index contributed by atoms with van der Waals surface area (Å²) in [4.78, 5) is 0. The summed E-state index contributed by atoms with van der Waals surface area (Å²) >= 11 is 0. The molecule has 4 aromatic rings. The lowest BCUT2D eigenvalue weighted by Crippen LogP contribution is -2.33. The Labute approximate surface area is 189 Å². The van der Waals surface area contributed by atoms with Crippen LogP contribution in [-0.2, 0) is 7.05 Å². The smallest absolute Gasteiger partial charge is 0.288 e. The molecule has 2 aromatic heterocycles. The van der Waals surface area contributed by atoms with Crippen LogP contribution in [0, 0.1) is 18.3 Å². The quantitative estimate of drug-likeness (QED) is 0.424. The normalized spacial score (nSPS) is 11.3. The molecular weight excluding hydrogens is 396 g/mol. The molecule has 0 saturated carbocycles. The minimum atomic E-state index is 0.280. The second-order valence-electron chi connectivity index (χ2n) is 8.85. The Morgan fingerprint density at radius 3 is 2.09 bits per heavy atom. The molecule has 162 valence electrons. The van der Waals surface area contributed by atoms with Crippen molar-refractivity contribution in [2.24, 2.45) is 7.05 Å². The van der Waals surface area contributed by atoms with Gasteiger partial charge in [0.2, 0.25) is 5.69 Å². The molecule has 0 amide bonds. The van der Waals surface area contributed by atoms with Crippen LogP contribution in [0.3, 0.4) is 0 Å². The summed E-state index contributed by atoms with van der Waals surface area (Å²) in [6, 6.07) is 15.1. The fraction of sp³-hybridized carbons (Fsp3) is 0.308. The molecule has 2 heterocycles. The van der Waals surface area contributed by atoms with E-state index in [2.05, 4.69) is 79.7 Å². The van der Waals surface area contributed by atoms with Crippen LogP contribution >= 0.6 is 0 Å². The second kappa shape index (κ2) is 8.43. The van der Waals surface area contributed by atoms with Gasteiger partial charge >= 0.3 is 0 Å². The van der Waals surface area contributed by atoms with Gasteiger partial charge in [0.05, 0.1) is 12.6 Å². The third kappa shape index (κ3) is 3.60. The topological polar surface area (TPSA) is 63.3 Å². The molecule has 0 radical (unpaired) electrons. The Kier molecular flexibility index (Phi) is 5.67. The number of aromatic nitrogens is 5. The van der Waals surface area contributed by atoms with Crippen molar-refractivity contribution in [3.63, 3.8) is 0 Å². The van der Waals surface area contributed by atoms with Gasteiger partial charge in [-0.15, -0.1) is 10.2 Å². The lowest BCUT2D eigenvalue weighted by Gasteiger charge is -2.20. The van der Waals surface area contributed by atoms with Crippen LogP contribution in [0.25, 0.3) is 22.8 Å². The average molecular weight is 426 g/mol. The zero-order valence-electron chi connectivity index (χ0n) is 19.5. The molecule has 0 spiro atoms. The van der Waals surface area contributed by atoms with Crippen molar-refractivity contribution in [3.8, 4) is 28.8 Å². The Morgan fingerprint density at radius 1 is 0.969 bits per heavy atom. The molecule has 0 unspecified atom stereocenters. The van der Waals surface area contributed by atoms with E-state index in [0.717, 1.165) is 22.8 Å². The molecule has 2 aromatic carbocycles. The first-order chi connectivity index (χ1) is 15.3. The highest BCUT2D eigenvalue weighted by Crippen LogP contribution is 2.36. The Hall–Kier alpha value is -3.72. The summed E-state index contributed by atoms with van der Waals surface area (Å²) < 4.78 is 6.14. The van der Waals surface area contributed by atoms with Crippen LogP contribution in [0.15, 0.2) is 55.2 Å². The van der Waals surface area contributed by atoms with Gasteiger partial charge in [0.25, 0.3) is 5.82 Å².